The minimum Gasteiger partial charge on any atom is -0.504 e. The topological polar surface area (TPSA) is 49.7 Å². The molecule has 1 aromatic carbocycles. The molecule has 0 fully saturated rings. The van der Waals surface area contributed by atoms with Gasteiger partial charge in [-0.3, -0.25) is 0 Å². The highest BCUT2D eigenvalue weighted by Crippen LogP contribution is 2.36. The molecule has 1 aromatic rings. The summed E-state index contributed by atoms with van der Waals surface area (Å²) < 4.78 is 4.83. The Bertz CT molecular complexity index is 286. The number of aromatic hydroxyl groups is 1. The molecule has 0 radical (unpaired) electrons. The first-order chi connectivity index (χ1) is 5.70. The average Bonchev–Trinajstić information content (AvgIpc) is 2.06. The Hall–Kier alpha value is -0.930. The third-order valence-electron chi connectivity index (χ3n) is 1.54. The number of benzene rings is 1. The van der Waals surface area contributed by atoms with Crippen molar-refractivity contribution < 1.29 is 14.9 Å². The molecular weight excluding hydrogens is 180 g/mol. The van der Waals surface area contributed by atoms with Gasteiger partial charge in [-0.2, -0.15) is 0 Å². The number of ether oxygens (including phenoxy) is 1. The summed E-state index contributed by atoms with van der Waals surface area (Å²) >= 11 is 5.69. The molecule has 2 N–H and O–H groups in total. The molecule has 0 aliphatic heterocycles. The van der Waals surface area contributed by atoms with Gasteiger partial charge < -0.3 is 14.9 Å². The molecule has 0 saturated carbocycles. The van der Waals surface area contributed by atoms with Gasteiger partial charge in [-0.25, -0.2) is 0 Å². The van der Waals surface area contributed by atoms with Crippen LogP contribution in [0, 0.1) is 0 Å². The maximum atomic E-state index is 9.40. The summed E-state index contributed by atoms with van der Waals surface area (Å²) in [5.74, 6) is 0.0933. The summed E-state index contributed by atoms with van der Waals surface area (Å²) in [5, 5.41) is 18.5. The largest absolute Gasteiger partial charge is 0.504 e. The monoisotopic (exact) mass is 188 g/mol. The van der Waals surface area contributed by atoms with Crippen molar-refractivity contribution in [3.05, 3.63) is 22.7 Å². The molecule has 0 unspecified atom stereocenters. The van der Waals surface area contributed by atoms with E-state index in [1.54, 1.807) is 12.1 Å². The van der Waals surface area contributed by atoms with E-state index < -0.39 is 0 Å². The molecule has 0 bridgehead atoms. The molecule has 1 rings (SSSR count). The molecule has 0 amide bonds. The average molecular weight is 189 g/mol. The number of aliphatic hydroxyl groups excluding tert-OH is 1. The number of hydrogen-bond acceptors (Lipinski definition) is 3. The molecule has 4 heteroatoms. The number of halogens is 1. The van der Waals surface area contributed by atoms with Gasteiger partial charge >= 0.3 is 0 Å². The van der Waals surface area contributed by atoms with Crippen molar-refractivity contribution in [1.29, 1.82) is 0 Å². The quantitative estimate of drug-likeness (QED) is 0.741. The second-order valence-corrected chi connectivity index (χ2v) is 2.65. The summed E-state index contributed by atoms with van der Waals surface area (Å²) in [4.78, 5) is 0. The highest BCUT2D eigenvalue weighted by atomic mass is 35.5. The third kappa shape index (κ3) is 1.47. The van der Waals surface area contributed by atoms with Crippen LogP contribution < -0.4 is 4.74 Å². The highest BCUT2D eigenvalue weighted by molar-refractivity contribution is 6.32. The molecule has 66 valence electrons. The van der Waals surface area contributed by atoms with Crippen LogP contribution in [0.15, 0.2) is 12.1 Å². The Kier molecular flexibility index (Phi) is 2.78. The van der Waals surface area contributed by atoms with Gasteiger partial charge in [-0.05, 0) is 6.07 Å². The van der Waals surface area contributed by atoms with Crippen LogP contribution in [0.3, 0.4) is 0 Å². The van der Waals surface area contributed by atoms with E-state index in [2.05, 4.69) is 0 Å². The van der Waals surface area contributed by atoms with Crippen LogP contribution in [0.2, 0.25) is 5.02 Å². The zero-order chi connectivity index (χ0) is 9.14. The standard InChI is InChI=1S/C8H9ClO3/c1-12-8-6(9)3-2-5(4-10)7(8)11/h2-3,10-11H,4H2,1H3. The van der Waals surface area contributed by atoms with E-state index in [0.717, 1.165) is 0 Å². The summed E-state index contributed by atoms with van der Waals surface area (Å²) in [7, 11) is 1.40. The van der Waals surface area contributed by atoms with Crippen molar-refractivity contribution in [3.8, 4) is 11.5 Å². The maximum absolute atomic E-state index is 9.40. The van der Waals surface area contributed by atoms with Crippen LogP contribution in [0.1, 0.15) is 5.56 Å². The van der Waals surface area contributed by atoms with E-state index in [1.807, 2.05) is 0 Å². The van der Waals surface area contributed by atoms with Crippen molar-refractivity contribution in [3.63, 3.8) is 0 Å². The molecule has 0 aliphatic rings. The van der Waals surface area contributed by atoms with Gasteiger partial charge in [-0.1, -0.05) is 17.7 Å². The molecule has 3 nitrogen and oxygen atoms in total. The van der Waals surface area contributed by atoms with Crippen LogP contribution in [-0.4, -0.2) is 17.3 Å². The van der Waals surface area contributed by atoms with Gasteiger partial charge in [0, 0.05) is 5.56 Å². The lowest BCUT2D eigenvalue weighted by atomic mass is 10.2. The Morgan fingerprint density at radius 2 is 2.17 bits per heavy atom. The van der Waals surface area contributed by atoms with Crippen molar-refractivity contribution in [2.75, 3.05) is 7.11 Å². The fraction of sp³-hybridized carbons (Fsp3) is 0.250. The van der Waals surface area contributed by atoms with E-state index in [4.69, 9.17) is 21.4 Å². The van der Waals surface area contributed by atoms with Gasteiger partial charge in [0.15, 0.2) is 11.5 Å². The number of aliphatic hydroxyl groups is 1. The second-order valence-electron chi connectivity index (χ2n) is 2.25. The Balaban J connectivity index is 3.24. The van der Waals surface area contributed by atoms with Crippen LogP contribution >= 0.6 is 11.6 Å². The van der Waals surface area contributed by atoms with E-state index in [1.165, 1.54) is 7.11 Å². The zero-order valence-electron chi connectivity index (χ0n) is 6.54. The molecule has 0 spiro atoms. The minimum atomic E-state index is -0.237. The molecule has 0 atom stereocenters. The van der Waals surface area contributed by atoms with E-state index in [9.17, 15) is 5.11 Å². The van der Waals surface area contributed by atoms with E-state index in [0.29, 0.717) is 10.6 Å². The maximum Gasteiger partial charge on any atom is 0.179 e. The summed E-state index contributed by atoms with van der Waals surface area (Å²) in [6.07, 6.45) is 0. The first-order valence-corrected chi connectivity index (χ1v) is 3.73. The SMILES string of the molecule is COc1c(Cl)ccc(CO)c1O. The van der Waals surface area contributed by atoms with E-state index >= 15 is 0 Å². The van der Waals surface area contributed by atoms with Crippen molar-refractivity contribution in [1.82, 2.24) is 0 Å². The van der Waals surface area contributed by atoms with Gasteiger partial charge in [-0.15, -0.1) is 0 Å². The van der Waals surface area contributed by atoms with Crippen molar-refractivity contribution in [2.24, 2.45) is 0 Å². The van der Waals surface area contributed by atoms with Crippen molar-refractivity contribution in [2.45, 2.75) is 6.61 Å². The molecule has 0 aliphatic carbocycles. The molecule has 0 saturated heterocycles. The number of rotatable bonds is 2. The molecule has 12 heavy (non-hydrogen) atoms. The Labute approximate surface area is 75.2 Å². The second kappa shape index (κ2) is 3.65. The first kappa shape index (κ1) is 9.16. The minimum absolute atomic E-state index is 0.104. The van der Waals surface area contributed by atoms with Crippen molar-refractivity contribution >= 4 is 11.6 Å². The number of hydrogen-bond donors (Lipinski definition) is 2. The lowest BCUT2D eigenvalue weighted by molar-refractivity contribution is 0.272. The number of phenols is 1. The summed E-state index contributed by atoms with van der Waals surface area (Å²) in [6.45, 7) is -0.237. The lowest BCUT2D eigenvalue weighted by Crippen LogP contribution is -1.90. The Morgan fingerprint density at radius 3 is 2.67 bits per heavy atom. The summed E-state index contributed by atoms with van der Waals surface area (Å²) in [6, 6.07) is 3.10. The first-order valence-electron chi connectivity index (χ1n) is 3.36. The normalized spacial score (nSPS) is 9.92. The van der Waals surface area contributed by atoms with Crippen LogP contribution in [0.5, 0.6) is 11.5 Å². The molecule has 0 aromatic heterocycles. The third-order valence-corrected chi connectivity index (χ3v) is 1.84. The van der Waals surface area contributed by atoms with Gasteiger partial charge in [0.05, 0.1) is 18.7 Å². The Morgan fingerprint density at radius 1 is 1.50 bits per heavy atom. The predicted octanol–water partition coefficient (Wildman–Crippen LogP) is 1.55. The van der Waals surface area contributed by atoms with Crippen LogP contribution in [0.4, 0.5) is 0 Å². The van der Waals surface area contributed by atoms with Gasteiger partial charge in [0.1, 0.15) is 0 Å². The molecule has 0 heterocycles. The van der Waals surface area contributed by atoms with E-state index in [-0.39, 0.29) is 18.1 Å². The smallest absolute Gasteiger partial charge is 0.179 e. The fourth-order valence-corrected chi connectivity index (χ4v) is 1.14. The van der Waals surface area contributed by atoms with Gasteiger partial charge in [0.2, 0.25) is 0 Å². The number of methoxy groups -OCH3 is 1. The zero-order valence-corrected chi connectivity index (χ0v) is 7.30. The fourth-order valence-electron chi connectivity index (χ4n) is 0.909. The predicted molar refractivity (Wildman–Crippen MR) is 45.6 cm³/mol. The van der Waals surface area contributed by atoms with Crippen LogP contribution in [0.25, 0.3) is 0 Å². The molecular formula is C8H9ClO3. The lowest BCUT2D eigenvalue weighted by Gasteiger charge is -2.08. The van der Waals surface area contributed by atoms with Crippen LogP contribution in [-0.2, 0) is 6.61 Å². The van der Waals surface area contributed by atoms with Gasteiger partial charge in [0.25, 0.3) is 0 Å². The highest BCUT2D eigenvalue weighted by Gasteiger charge is 2.10. The summed E-state index contributed by atoms with van der Waals surface area (Å²) in [5.41, 5.74) is 0.399.